The van der Waals surface area contributed by atoms with Gasteiger partial charge in [0.25, 0.3) is 0 Å². The van der Waals surface area contributed by atoms with E-state index in [4.69, 9.17) is 4.74 Å². The van der Waals surface area contributed by atoms with Crippen molar-refractivity contribution in [2.45, 2.75) is 31.2 Å². The molecule has 0 aliphatic carbocycles. The smallest absolute Gasteiger partial charge is 0.417 e. The van der Waals surface area contributed by atoms with Crippen LogP contribution in [0.1, 0.15) is 18.4 Å². The summed E-state index contributed by atoms with van der Waals surface area (Å²) in [5, 5.41) is 9.83. The number of ether oxygens (including phenoxy) is 1. The first-order valence-corrected chi connectivity index (χ1v) is 10.3. The number of rotatable bonds is 5. The molecule has 6 heteroatoms. The monoisotopic (exact) mass is 427 g/mol. The van der Waals surface area contributed by atoms with E-state index in [1.165, 1.54) is 0 Å². The van der Waals surface area contributed by atoms with Gasteiger partial charge in [0.1, 0.15) is 12.4 Å². The first kappa shape index (κ1) is 21.2. The summed E-state index contributed by atoms with van der Waals surface area (Å²) in [4.78, 5) is 1.88. The van der Waals surface area contributed by atoms with Crippen LogP contribution in [0.25, 0.3) is 11.1 Å². The third kappa shape index (κ3) is 4.85. The number of hydrogen-bond acceptors (Lipinski definition) is 3. The zero-order chi connectivity index (χ0) is 21.9. The Bertz CT molecular complexity index is 978. The van der Waals surface area contributed by atoms with Crippen molar-refractivity contribution in [1.82, 2.24) is 0 Å². The molecule has 4 rings (SSSR count). The number of piperidine rings is 1. The summed E-state index contributed by atoms with van der Waals surface area (Å²) >= 11 is 0. The minimum absolute atomic E-state index is 0.169. The number of alkyl halides is 3. The van der Waals surface area contributed by atoms with Gasteiger partial charge in [-0.3, -0.25) is 0 Å². The van der Waals surface area contributed by atoms with Crippen LogP contribution in [0.4, 0.5) is 18.9 Å². The van der Waals surface area contributed by atoms with Crippen LogP contribution in [0.3, 0.4) is 0 Å². The molecular formula is C25H24F3NO2. The van der Waals surface area contributed by atoms with Crippen molar-refractivity contribution >= 4 is 5.69 Å². The Morgan fingerprint density at radius 2 is 1.35 bits per heavy atom. The third-order valence-electron chi connectivity index (χ3n) is 5.79. The fourth-order valence-electron chi connectivity index (χ4n) is 3.77. The van der Waals surface area contributed by atoms with Crippen LogP contribution in [0.2, 0.25) is 0 Å². The predicted molar refractivity (Wildman–Crippen MR) is 115 cm³/mol. The second kappa shape index (κ2) is 8.63. The highest BCUT2D eigenvalue weighted by Crippen LogP contribution is 2.39. The minimum atomic E-state index is -4.58. The van der Waals surface area contributed by atoms with Crippen molar-refractivity contribution in [3.8, 4) is 16.9 Å². The van der Waals surface area contributed by atoms with Crippen molar-refractivity contribution < 1.29 is 23.0 Å². The standard InChI is InChI=1S/C25H24F3NO2/c26-25(27,28)24(30)14-16-29(17-15-24)22-10-6-20(7-11-22)21-8-12-23(13-9-21)31-18-19-4-2-1-3-5-19/h1-13,30H,14-18H2. The molecule has 0 amide bonds. The van der Waals surface area contributed by atoms with E-state index < -0.39 is 11.8 Å². The number of anilines is 1. The number of aliphatic hydroxyl groups is 1. The van der Waals surface area contributed by atoms with Gasteiger partial charge in [-0.05, 0) is 41.0 Å². The zero-order valence-corrected chi connectivity index (χ0v) is 17.0. The molecule has 0 unspecified atom stereocenters. The van der Waals surface area contributed by atoms with Gasteiger partial charge in [0, 0.05) is 31.6 Å². The van der Waals surface area contributed by atoms with Crippen LogP contribution in [-0.2, 0) is 6.61 Å². The molecule has 0 radical (unpaired) electrons. The van der Waals surface area contributed by atoms with E-state index in [1.807, 2.05) is 83.8 Å². The summed E-state index contributed by atoms with van der Waals surface area (Å²) in [5.74, 6) is 0.787. The van der Waals surface area contributed by atoms with Crippen molar-refractivity contribution in [2.75, 3.05) is 18.0 Å². The molecule has 0 spiro atoms. The molecule has 1 saturated heterocycles. The Labute approximate surface area is 179 Å². The van der Waals surface area contributed by atoms with Crippen LogP contribution >= 0.6 is 0 Å². The molecule has 0 atom stereocenters. The SMILES string of the molecule is OC1(C(F)(F)F)CCN(c2ccc(-c3ccc(OCc4ccccc4)cc3)cc2)CC1. The van der Waals surface area contributed by atoms with Gasteiger partial charge < -0.3 is 14.7 Å². The van der Waals surface area contributed by atoms with Gasteiger partial charge in [0.2, 0.25) is 0 Å². The van der Waals surface area contributed by atoms with Crippen LogP contribution in [0.15, 0.2) is 78.9 Å². The highest BCUT2D eigenvalue weighted by atomic mass is 19.4. The van der Waals surface area contributed by atoms with Gasteiger partial charge >= 0.3 is 6.18 Å². The molecular weight excluding hydrogens is 403 g/mol. The number of nitrogens with zero attached hydrogens (tertiary/aromatic N) is 1. The van der Waals surface area contributed by atoms with Crippen LogP contribution in [-0.4, -0.2) is 30.0 Å². The Balaban J connectivity index is 1.36. The first-order chi connectivity index (χ1) is 14.8. The van der Waals surface area contributed by atoms with Crippen molar-refractivity contribution in [3.63, 3.8) is 0 Å². The van der Waals surface area contributed by atoms with E-state index in [9.17, 15) is 18.3 Å². The molecule has 1 N–H and O–H groups in total. The lowest BCUT2D eigenvalue weighted by molar-refractivity contribution is -0.266. The van der Waals surface area contributed by atoms with Crippen LogP contribution < -0.4 is 9.64 Å². The molecule has 0 saturated carbocycles. The lowest BCUT2D eigenvalue weighted by atomic mass is 9.90. The molecule has 0 aromatic heterocycles. The van der Waals surface area contributed by atoms with Gasteiger partial charge in [-0.1, -0.05) is 54.6 Å². The molecule has 1 aliphatic rings. The quantitative estimate of drug-likeness (QED) is 0.556. The summed E-state index contributed by atoms with van der Waals surface area (Å²) in [5.41, 5.74) is 1.43. The number of hydrogen-bond donors (Lipinski definition) is 1. The van der Waals surface area contributed by atoms with Crippen molar-refractivity contribution in [3.05, 3.63) is 84.4 Å². The van der Waals surface area contributed by atoms with Crippen LogP contribution in [0, 0.1) is 0 Å². The fraction of sp³-hybridized carbons (Fsp3) is 0.280. The third-order valence-corrected chi connectivity index (χ3v) is 5.79. The summed E-state index contributed by atoms with van der Waals surface area (Å²) in [7, 11) is 0. The topological polar surface area (TPSA) is 32.7 Å². The van der Waals surface area contributed by atoms with Crippen molar-refractivity contribution in [2.24, 2.45) is 0 Å². The Morgan fingerprint density at radius 1 is 0.806 bits per heavy atom. The number of halogens is 3. The Hall–Kier alpha value is -2.99. The summed E-state index contributed by atoms with van der Waals surface area (Å²) in [6, 6.07) is 25.5. The van der Waals surface area contributed by atoms with E-state index in [2.05, 4.69) is 0 Å². The minimum Gasteiger partial charge on any atom is -0.489 e. The summed E-state index contributed by atoms with van der Waals surface area (Å²) in [6.45, 7) is 0.847. The first-order valence-electron chi connectivity index (χ1n) is 10.3. The molecule has 31 heavy (non-hydrogen) atoms. The average molecular weight is 427 g/mol. The van der Waals surface area contributed by atoms with Crippen LogP contribution in [0.5, 0.6) is 5.75 Å². The molecule has 3 aromatic carbocycles. The highest BCUT2D eigenvalue weighted by Gasteiger charge is 2.54. The lowest BCUT2D eigenvalue weighted by Gasteiger charge is -2.40. The van der Waals surface area contributed by atoms with Gasteiger partial charge in [0.05, 0.1) is 0 Å². The van der Waals surface area contributed by atoms with E-state index >= 15 is 0 Å². The molecule has 1 heterocycles. The Morgan fingerprint density at radius 3 is 1.90 bits per heavy atom. The van der Waals surface area contributed by atoms with Gasteiger partial charge in [-0.2, -0.15) is 13.2 Å². The normalized spacial score (nSPS) is 16.2. The maximum atomic E-state index is 13.0. The molecule has 1 aliphatic heterocycles. The van der Waals surface area contributed by atoms with E-state index in [1.54, 1.807) is 0 Å². The largest absolute Gasteiger partial charge is 0.489 e. The predicted octanol–water partition coefficient (Wildman–Crippen LogP) is 5.83. The fourth-order valence-corrected chi connectivity index (χ4v) is 3.77. The van der Waals surface area contributed by atoms with Gasteiger partial charge in [-0.15, -0.1) is 0 Å². The zero-order valence-electron chi connectivity index (χ0n) is 17.0. The average Bonchev–Trinajstić information content (AvgIpc) is 2.79. The maximum Gasteiger partial charge on any atom is 0.417 e. The number of benzene rings is 3. The summed E-state index contributed by atoms with van der Waals surface area (Å²) in [6.07, 6.45) is -5.22. The summed E-state index contributed by atoms with van der Waals surface area (Å²) < 4.78 is 44.8. The molecule has 1 fully saturated rings. The second-order valence-electron chi connectivity index (χ2n) is 7.86. The highest BCUT2D eigenvalue weighted by molar-refractivity contribution is 5.67. The molecule has 162 valence electrons. The molecule has 3 nitrogen and oxygen atoms in total. The van der Waals surface area contributed by atoms with Gasteiger partial charge in [0.15, 0.2) is 5.60 Å². The van der Waals surface area contributed by atoms with E-state index in [0.29, 0.717) is 6.61 Å². The Kier molecular flexibility index (Phi) is 5.92. The van der Waals surface area contributed by atoms with Crippen molar-refractivity contribution in [1.29, 1.82) is 0 Å². The van der Waals surface area contributed by atoms with Gasteiger partial charge in [-0.25, -0.2) is 0 Å². The lowest BCUT2D eigenvalue weighted by Crippen LogP contribution is -2.53. The second-order valence-corrected chi connectivity index (χ2v) is 7.86. The van der Waals surface area contributed by atoms with E-state index in [-0.39, 0.29) is 25.9 Å². The maximum absolute atomic E-state index is 13.0. The molecule has 3 aromatic rings. The molecule has 0 bridgehead atoms. The van der Waals surface area contributed by atoms with E-state index in [0.717, 1.165) is 28.1 Å².